The Hall–Kier alpha value is -1.09. The van der Waals surface area contributed by atoms with E-state index in [0.29, 0.717) is 0 Å². The maximum absolute atomic E-state index is 10.4. The number of rotatable bonds is 4. The zero-order chi connectivity index (χ0) is 19.4. The maximum atomic E-state index is 10.4. The number of guanidine groups is 1. The predicted molar refractivity (Wildman–Crippen MR) is 87.3 cm³/mol. The van der Waals surface area contributed by atoms with E-state index in [1.165, 1.54) is 6.92 Å². The van der Waals surface area contributed by atoms with E-state index in [0.717, 1.165) is 0 Å². The standard InChI is InChI=1S/C14H27N5O7/c1-3(20)8-11(23)14(24)10(19-14)12(25-8)26-9-4(15)2-5(18-13(16)17)6(21)7(9)22/h3-12,19-24H,2,15H2,1H3,(H4,16,17,18)/t3-,4?,5?,6-,7?,8?,9-,10-,11-,12-,14?/m1/s1. The Balaban J connectivity index is 1.72. The minimum Gasteiger partial charge on any atom is -0.391 e. The highest BCUT2D eigenvalue weighted by Gasteiger charge is 2.69. The van der Waals surface area contributed by atoms with Crippen LogP contribution in [-0.4, -0.2) is 98.3 Å². The first-order valence-electron chi connectivity index (χ1n) is 8.43. The van der Waals surface area contributed by atoms with Gasteiger partial charge < -0.3 is 52.2 Å². The summed E-state index contributed by atoms with van der Waals surface area (Å²) in [7, 11) is 0. The third-order valence-corrected chi connectivity index (χ3v) is 5.20. The highest BCUT2D eigenvalue weighted by molar-refractivity contribution is 5.75. The zero-order valence-corrected chi connectivity index (χ0v) is 14.2. The summed E-state index contributed by atoms with van der Waals surface area (Å²) in [6, 6.07) is -2.27. The van der Waals surface area contributed by atoms with Crippen LogP contribution in [0.2, 0.25) is 0 Å². The molecule has 26 heavy (non-hydrogen) atoms. The largest absolute Gasteiger partial charge is 0.391 e. The van der Waals surface area contributed by atoms with Crippen LogP contribution in [0.1, 0.15) is 13.3 Å². The van der Waals surface area contributed by atoms with Crippen molar-refractivity contribution in [2.24, 2.45) is 22.2 Å². The summed E-state index contributed by atoms with van der Waals surface area (Å²) in [5.74, 6) is -0.232. The van der Waals surface area contributed by atoms with Gasteiger partial charge in [-0.3, -0.25) is 5.32 Å². The highest BCUT2D eigenvalue weighted by Crippen LogP contribution is 2.41. The van der Waals surface area contributed by atoms with Crippen molar-refractivity contribution in [2.75, 3.05) is 0 Å². The van der Waals surface area contributed by atoms with E-state index >= 15 is 0 Å². The van der Waals surface area contributed by atoms with Crippen LogP contribution in [-0.2, 0) is 9.47 Å². The van der Waals surface area contributed by atoms with Crippen LogP contribution in [0.4, 0.5) is 0 Å². The Morgan fingerprint density at radius 2 is 1.96 bits per heavy atom. The van der Waals surface area contributed by atoms with Crippen LogP contribution in [0.15, 0.2) is 4.99 Å². The molecule has 5 unspecified atom stereocenters. The molecule has 150 valence electrons. The molecular weight excluding hydrogens is 350 g/mol. The van der Waals surface area contributed by atoms with Crippen LogP contribution in [0.5, 0.6) is 0 Å². The van der Waals surface area contributed by atoms with E-state index < -0.39 is 66.8 Å². The van der Waals surface area contributed by atoms with Crippen molar-refractivity contribution in [3.63, 3.8) is 0 Å². The number of nitrogens with zero attached hydrogens (tertiary/aromatic N) is 1. The van der Waals surface area contributed by atoms with Crippen molar-refractivity contribution in [1.82, 2.24) is 5.32 Å². The average molecular weight is 377 g/mol. The molecule has 0 aromatic carbocycles. The van der Waals surface area contributed by atoms with Crippen LogP contribution in [0, 0.1) is 0 Å². The Labute approximate surface area is 149 Å². The molecule has 1 aliphatic carbocycles. The lowest BCUT2D eigenvalue weighted by Gasteiger charge is -2.43. The summed E-state index contributed by atoms with van der Waals surface area (Å²) >= 11 is 0. The second-order valence-corrected chi connectivity index (χ2v) is 7.20. The average Bonchev–Trinajstić information content (AvgIpc) is 3.24. The molecule has 0 aromatic rings. The topological polar surface area (TPSA) is 232 Å². The van der Waals surface area contributed by atoms with Crippen molar-refractivity contribution in [1.29, 1.82) is 0 Å². The van der Waals surface area contributed by atoms with Crippen molar-refractivity contribution in [2.45, 2.75) is 80.1 Å². The van der Waals surface area contributed by atoms with Crippen LogP contribution in [0.3, 0.4) is 0 Å². The number of nitrogens with two attached hydrogens (primary N) is 3. The molecule has 0 amide bonds. The van der Waals surface area contributed by atoms with Gasteiger partial charge in [0.15, 0.2) is 18.0 Å². The summed E-state index contributed by atoms with van der Waals surface area (Å²) in [5, 5.41) is 53.4. The summed E-state index contributed by atoms with van der Waals surface area (Å²) in [6.07, 6.45) is -8.23. The molecule has 3 fully saturated rings. The normalized spacial score (nSPS) is 52.0. The van der Waals surface area contributed by atoms with Crippen LogP contribution in [0.25, 0.3) is 0 Å². The number of hydrogen-bond donors (Lipinski definition) is 9. The minimum absolute atomic E-state index is 0.151. The van der Waals surface area contributed by atoms with Gasteiger partial charge in [-0.15, -0.1) is 0 Å². The molecule has 12 nitrogen and oxygen atoms in total. The van der Waals surface area contributed by atoms with Crippen molar-refractivity contribution < 1.29 is 35.0 Å². The first kappa shape index (κ1) is 19.7. The Kier molecular flexibility index (Phi) is 5.16. The van der Waals surface area contributed by atoms with E-state index in [2.05, 4.69) is 10.3 Å². The molecule has 3 aliphatic rings. The predicted octanol–water partition coefficient (Wildman–Crippen LogP) is -5.41. The van der Waals surface area contributed by atoms with Gasteiger partial charge in [-0.25, -0.2) is 4.99 Å². The number of aliphatic hydroxyl groups excluding tert-OH is 4. The van der Waals surface area contributed by atoms with Gasteiger partial charge in [0.05, 0.1) is 12.1 Å². The summed E-state index contributed by atoms with van der Waals surface area (Å²) in [5.41, 5.74) is 15.0. The van der Waals surface area contributed by atoms with E-state index in [9.17, 15) is 25.5 Å². The number of ether oxygens (including phenoxy) is 2. The van der Waals surface area contributed by atoms with Gasteiger partial charge in [0.25, 0.3) is 0 Å². The Bertz CT molecular complexity index is 562. The quantitative estimate of drug-likeness (QED) is 0.127. The van der Waals surface area contributed by atoms with E-state index in [4.69, 9.17) is 26.7 Å². The SMILES string of the molecule is C[C@@H](O)C1O[C@H](O[C@@H]2C(N)CC(N=C(N)N)[C@@H](O)C2O)[C@H]2NC2(O)[C@@H]1O. The van der Waals surface area contributed by atoms with Crippen molar-refractivity contribution >= 4 is 5.96 Å². The van der Waals surface area contributed by atoms with E-state index in [1.807, 2.05) is 0 Å². The van der Waals surface area contributed by atoms with Crippen LogP contribution < -0.4 is 22.5 Å². The van der Waals surface area contributed by atoms with Crippen molar-refractivity contribution in [3.05, 3.63) is 0 Å². The Morgan fingerprint density at radius 1 is 1.31 bits per heavy atom. The second-order valence-electron chi connectivity index (χ2n) is 7.20. The van der Waals surface area contributed by atoms with Gasteiger partial charge in [-0.1, -0.05) is 0 Å². The summed E-state index contributed by atoms with van der Waals surface area (Å²) < 4.78 is 11.3. The molecule has 0 spiro atoms. The van der Waals surface area contributed by atoms with E-state index in [1.54, 1.807) is 0 Å². The second kappa shape index (κ2) is 6.82. The molecule has 2 aliphatic heterocycles. The molecule has 11 atom stereocenters. The first-order valence-corrected chi connectivity index (χ1v) is 8.43. The maximum Gasteiger partial charge on any atom is 0.186 e. The van der Waals surface area contributed by atoms with Gasteiger partial charge >= 0.3 is 0 Å². The highest BCUT2D eigenvalue weighted by atomic mass is 16.7. The fraction of sp³-hybridized carbons (Fsp3) is 0.929. The molecule has 2 saturated heterocycles. The first-order chi connectivity index (χ1) is 12.1. The van der Waals surface area contributed by atoms with Gasteiger partial charge in [-0.2, -0.15) is 0 Å². The number of hydrogen-bond acceptors (Lipinski definition) is 10. The number of fused-ring (bicyclic) bond motifs is 1. The zero-order valence-electron chi connectivity index (χ0n) is 14.2. The molecule has 0 aromatic heterocycles. The molecule has 0 bridgehead atoms. The molecular formula is C14H27N5O7. The molecule has 12 N–H and O–H groups in total. The summed E-state index contributed by atoms with van der Waals surface area (Å²) in [6.45, 7) is 1.40. The van der Waals surface area contributed by atoms with E-state index in [-0.39, 0.29) is 12.4 Å². The fourth-order valence-electron chi connectivity index (χ4n) is 3.68. The monoisotopic (exact) mass is 377 g/mol. The number of aliphatic imine (C=N–C) groups is 1. The molecule has 3 rings (SSSR count). The van der Waals surface area contributed by atoms with Crippen LogP contribution >= 0.6 is 0 Å². The van der Waals surface area contributed by atoms with Gasteiger partial charge in [0.2, 0.25) is 0 Å². The third kappa shape index (κ3) is 3.28. The van der Waals surface area contributed by atoms with Gasteiger partial charge in [0.1, 0.15) is 36.6 Å². The lowest BCUT2D eigenvalue weighted by molar-refractivity contribution is -0.285. The lowest BCUT2D eigenvalue weighted by atomic mass is 9.84. The van der Waals surface area contributed by atoms with Crippen molar-refractivity contribution in [3.8, 4) is 0 Å². The minimum atomic E-state index is -1.66. The summed E-state index contributed by atoms with van der Waals surface area (Å²) in [4.78, 5) is 3.86. The number of aliphatic hydroxyl groups is 5. The van der Waals surface area contributed by atoms with Gasteiger partial charge in [-0.05, 0) is 13.3 Å². The Morgan fingerprint density at radius 3 is 2.54 bits per heavy atom. The smallest absolute Gasteiger partial charge is 0.186 e. The molecule has 1 saturated carbocycles. The van der Waals surface area contributed by atoms with Gasteiger partial charge in [0, 0.05) is 6.04 Å². The number of nitrogens with one attached hydrogen (secondary N) is 1. The fourth-order valence-corrected chi connectivity index (χ4v) is 3.68. The third-order valence-electron chi connectivity index (χ3n) is 5.20. The molecule has 0 radical (unpaired) electrons. The molecule has 12 heteroatoms. The molecule has 2 heterocycles. The lowest BCUT2D eigenvalue weighted by Crippen LogP contribution is -2.62.